The number of carbonyl (C=O) groups is 2. The number of nitriles is 4. The minimum absolute atomic E-state index is 0.00999. The molecule has 6 heterocycles. The van der Waals surface area contributed by atoms with E-state index >= 15 is 0 Å². The summed E-state index contributed by atoms with van der Waals surface area (Å²) in [6.07, 6.45) is 7.79. The molecule has 35 nitrogen and oxygen atoms in total. The van der Waals surface area contributed by atoms with Gasteiger partial charge < -0.3 is 82.3 Å². The van der Waals surface area contributed by atoms with Crippen molar-refractivity contribution >= 4 is 105 Å². The molecular weight excluding hydrogens is 1610 g/mol. The summed E-state index contributed by atoms with van der Waals surface area (Å²) >= 11 is 0. The van der Waals surface area contributed by atoms with Crippen LogP contribution in [0.25, 0.3) is 11.4 Å². The molecule has 127 heavy (non-hydrogen) atoms. The van der Waals surface area contributed by atoms with E-state index in [9.17, 15) is 35.7 Å². The Hall–Kier alpha value is -13.8. The first-order valence-corrected chi connectivity index (χ1v) is 42.1. The van der Waals surface area contributed by atoms with E-state index in [0.717, 1.165) is 78.8 Å². The lowest BCUT2D eigenvalue weighted by Gasteiger charge is -2.30. The van der Waals surface area contributed by atoms with Gasteiger partial charge in [-0.05, 0) is 152 Å². The zero-order valence-corrected chi connectivity index (χ0v) is 78.2. The van der Waals surface area contributed by atoms with Crippen LogP contribution >= 0.6 is 0 Å². The van der Waals surface area contributed by atoms with Crippen molar-refractivity contribution in [1.29, 1.82) is 21.0 Å². The Morgan fingerprint density at radius 2 is 0.906 bits per heavy atom. The Balaban J connectivity index is 0.000000210. The number of aliphatic imine (C=N–C) groups is 1. The Morgan fingerprint density at radius 3 is 1.29 bits per heavy atom. The van der Waals surface area contributed by atoms with Crippen molar-refractivity contribution in [2.45, 2.75) is 161 Å². The van der Waals surface area contributed by atoms with Gasteiger partial charge in [-0.3, -0.25) is 19.5 Å². The van der Waals surface area contributed by atoms with E-state index in [0.29, 0.717) is 152 Å². The van der Waals surface area contributed by atoms with Crippen molar-refractivity contribution in [3.05, 3.63) is 140 Å². The van der Waals surface area contributed by atoms with Crippen LogP contribution < -0.4 is 77.9 Å². The normalized spacial score (nSPS) is 13.0. The second-order valence-corrected chi connectivity index (χ2v) is 36.7. The van der Waals surface area contributed by atoms with E-state index in [1.165, 1.54) is 33.3 Å². The minimum Gasteiger partial charge on any atom is -0.859 e. The first-order valence-electron chi connectivity index (χ1n) is 42.1. The van der Waals surface area contributed by atoms with Gasteiger partial charge in [-0.1, -0.05) is 132 Å². The predicted molar refractivity (Wildman–Crippen MR) is 503 cm³/mol. The molecule has 0 atom stereocenters. The number of piperidine rings is 1. The third kappa shape index (κ3) is 28.4. The number of carbonyl (C=O) groups excluding carboxylic acids is 2. The summed E-state index contributed by atoms with van der Waals surface area (Å²) in [6, 6.07) is 31.2. The van der Waals surface area contributed by atoms with E-state index in [-0.39, 0.29) is 45.6 Å². The summed E-state index contributed by atoms with van der Waals surface area (Å²) in [5.41, 5.74) is 17.9. The average molecular weight is 1730 g/mol. The molecule has 1 saturated carbocycles. The predicted octanol–water partition coefficient (Wildman–Crippen LogP) is 14.4. The number of nitrogens with two attached hydrogens (primary N) is 1. The Labute approximate surface area is 747 Å². The molecule has 11 N–H and O–H groups in total. The third-order valence-corrected chi connectivity index (χ3v) is 20.2. The number of hydrogen-bond acceptors (Lipinski definition) is 32. The first-order chi connectivity index (χ1) is 59.9. The number of aromatic nitrogens is 11. The van der Waals surface area contributed by atoms with Crippen molar-refractivity contribution in [1.82, 2.24) is 65.4 Å². The highest BCUT2D eigenvalue weighted by molar-refractivity contribution is 5.96. The number of aryl methyl sites for hydroxylation is 4. The van der Waals surface area contributed by atoms with Crippen LogP contribution in [-0.4, -0.2) is 193 Å². The number of benzene rings is 4. The molecular formula is C92H125N30O5-. The molecule has 0 bridgehead atoms. The zero-order chi connectivity index (χ0) is 93.6. The molecule has 1 aliphatic heterocycles. The third-order valence-electron chi connectivity index (χ3n) is 20.2. The summed E-state index contributed by atoms with van der Waals surface area (Å²) in [5.74, 6) is 4.56. The monoisotopic (exact) mass is 1730 g/mol. The lowest BCUT2D eigenvalue weighted by atomic mass is 9.96. The van der Waals surface area contributed by atoms with Crippen LogP contribution in [0.4, 0.5) is 87.1 Å². The molecule has 9 aromatic rings. The topological polar surface area (TPSA) is 466 Å². The molecule has 1 aliphatic carbocycles. The minimum atomic E-state index is -0.521. The maximum atomic E-state index is 12.2. The van der Waals surface area contributed by atoms with Crippen LogP contribution in [-0.2, 0) is 4.84 Å². The number of hydrogen-bond donors (Lipinski definition) is 10. The van der Waals surface area contributed by atoms with E-state index < -0.39 is 5.91 Å². The number of hydroxylamine groups is 1. The van der Waals surface area contributed by atoms with E-state index in [1.807, 2.05) is 106 Å². The lowest BCUT2D eigenvalue weighted by molar-refractivity contribution is -0.213. The number of nitrogens with zero attached hydrogens (tertiary/aromatic N) is 20. The molecule has 674 valence electrons. The van der Waals surface area contributed by atoms with Gasteiger partial charge in [0, 0.05) is 134 Å². The van der Waals surface area contributed by atoms with Crippen molar-refractivity contribution < 1.29 is 24.3 Å². The summed E-state index contributed by atoms with van der Waals surface area (Å²) in [6.45, 7) is 38.1. The van der Waals surface area contributed by atoms with Crippen LogP contribution in [0.3, 0.4) is 0 Å². The van der Waals surface area contributed by atoms with Gasteiger partial charge in [0.1, 0.15) is 59.0 Å². The van der Waals surface area contributed by atoms with Crippen molar-refractivity contribution in [2.75, 3.05) is 160 Å². The number of anilines is 15. The molecule has 0 spiro atoms. The van der Waals surface area contributed by atoms with Gasteiger partial charge >= 0.3 is 6.01 Å². The second-order valence-electron chi connectivity index (χ2n) is 36.7. The van der Waals surface area contributed by atoms with Gasteiger partial charge in [-0.25, -0.2) is 10.5 Å². The maximum Gasteiger partial charge on any atom is 0.320 e. The van der Waals surface area contributed by atoms with Crippen LogP contribution in [0.15, 0.2) is 84.1 Å². The van der Waals surface area contributed by atoms with Gasteiger partial charge in [0.15, 0.2) is 52.4 Å². The standard InChI is InChI=1S/C26H37N7O2.C25H35N7O2.C21H27N9.C20H27N7O/c1-17-8-9-18(24(34)28-5)14-21(17)29-22-20(15-27)23(33(7)16-26(2,3)4)31-25(30-22)35-19-10-12-32(6)13-11-19;1-16-11-12-17(23(33)31-34-6)13-20(16)28-21-19(14-26)22(32(5)15-25(2,3)4)30-24(29-21)27-18-9-7-8-10-18;1-13-7-8-14(17-24-12-25-29-17)9-16(13)26-18-15(10-22)19(28-20(23-5)27-18)30(6)11-21(2,3)4;1-12-7-8-13(16(22)28)9-15(12)24-17-14(10-21)18(26-19(23-5)25-17)27(6)11-20(2,3)4/h8-9,14,19H,10-13,16H2,1-7H3,(H,28,34)(H,29,30,31);11-13,18H,7-10,15H2,1-6H3,(H,31,33)(H2,27,28,29,30);7-9,12H,11H2,1-6H3,(H,24,25,29)(H2,23,26,27,28);7-9H,11H2,1-6H3,(H2,22,28)(H2,23,24,25,26)/p-1. The maximum absolute atomic E-state index is 12.2. The Bertz CT molecular complexity index is 5510. The number of rotatable bonds is 27. The van der Waals surface area contributed by atoms with Gasteiger partial charge in [0.05, 0.1) is 7.11 Å². The summed E-state index contributed by atoms with van der Waals surface area (Å²) < 4.78 is 6.22. The number of H-pyrrole nitrogens is 1. The molecule has 2 aliphatic rings. The van der Waals surface area contributed by atoms with Crippen molar-refractivity contribution in [3.8, 4) is 41.7 Å². The van der Waals surface area contributed by atoms with E-state index in [2.05, 4.69) is 217 Å². The number of nitrogens with one attached hydrogen (secondary N) is 9. The summed E-state index contributed by atoms with van der Waals surface area (Å²) in [7, 11) is 16.1. The quantitative estimate of drug-likeness (QED) is 0.0130. The molecule has 0 unspecified atom stereocenters. The van der Waals surface area contributed by atoms with E-state index in [1.54, 1.807) is 56.6 Å². The van der Waals surface area contributed by atoms with Gasteiger partial charge in [-0.15, -0.1) is 0 Å². The number of amides is 2. The highest BCUT2D eigenvalue weighted by Crippen LogP contribution is 2.38. The van der Waals surface area contributed by atoms with Gasteiger partial charge in [0.2, 0.25) is 23.8 Å². The van der Waals surface area contributed by atoms with E-state index in [4.69, 9.17) is 20.3 Å². The lowest BCUT2D eigenvalue weighted by Crippen LogP contribution is -2.36. The molecule has 0 radical (unpaired) electrons. The first kappa shape index (κ1) is 98.7. The summed E-state index contributed by atoms with van der Waals surface area (Å²) in [4.78, 5) is 83.3. The molecule has 2 amide bonds. The molecule has 1 saturated heterocycles. The average Bonchev–Trinajstić information content (AvgIpc) is 1.30. The Kier molecular flexibility index (Phi) is 34.0. The second kappa shape index (κ2) is 43.7. The van der Waals surface area contributed by atoms with Crippen molar-refractivity contribution in [2.24, 2.45) is 32.4 Å². The fourth-order valence-corrected chi connectivity index (χ4v) is 14.4. The fraction of sp³-hybridized carbons (Fsp3) is 0.467. The highest BCUT2D eigenvalue weighted by atomic mass is 16.6. The smallest absolute Gasteiger partial charge is 0.320 e. The molecule has 5 aromatic heterocycles. The van der Waals surface area contributed by atoms with Crippen LogP contribution in [0.5, 0.6) is 6.01 Å². The molecule has 4 aromatic carbocycles. The number of ether oxygens (including phenoxy) is 1. The molecule has 11 rings (SSSR count). The van der Waals surface area contributed by atoms with Crippen LogP contribution in [0.2, 0.25) is 0 Å². The van der Waals surface area contributed by atoms with Gasteiger partial charge in [0.25, 0.3) is 5.91 Å². The largest absolute Gasteiger partial charge is 0.859 e. The number of likely N-dealkylation sites (tertiary alicyclic amines) is 1. The van der Waals surface area contributed by atoms with Crippen LogP contribution in [0, 0.1) is 94.7 Å². The van der Waals surface area contributed by atoms with Crippen molar-refractivity contribution in [3.63, 3.8) is 0 Å². The molecule has 35 heteroatoms. The van der Waals surface area contributed by atoms with Gasteiger partial charge in [-0.2, -0.15) is 66.0 Å². The van der Waals surface area contributed by atoms with Crippen LogP contribution in [0.1, 0.15) is 192 Å². The fourth-order valence-electron chi connectivity index (χ4n) is 14.4. The highest BCUT2D eigenvalue weighted by Gasteiger charge is 2.30. The zero-order valence-electron chi connectivity index (χ0n) is 78.2. The Morgan fingerprint density at radius 1 is 0.535 bits per heavy atom. The number of primary amides is 1. The number of aromatic amines is 1. The SMILES string of the molecule is CN=C([O-])c1ccc(C)c(Nc2nc(OC3CCN(C)CC3)nc(N(C)CC(C)(C)C)c2C#N)c1.CNc1nc(Nc2cc(-c3ncn[nH]3)ccc2C)c(C#N)c(N(C)CC(C)(C)C)n1.CNc1nc(Nc2cc(C(N)=O)ccc2C)c(C#N)c(N(C)CC(C)(C)C)n1.CONC(=O)c1ccc(C)c(Nc2nc(NC3CCCC3)nc(N(C)CC(C)(C)C)c2C#N)c1. The summed E-state index contributed by atoms with van der Waals surface area (Å²) in [5, 5.41) is 81.3. The molecule has 2 fully saturated rings.